The number of halogens is 1. The Kier molecular flexibility index (Phi) is 6.56. The maximum absolute atomic E-state index is 4.77. The molecule has 0 radical (unpaired) electrons. The number of likely N-dealkylation sites (tertiary alicyclic amines) is 1. The smallest absolute Gasteiger partial charge is 0.193 e. The normalized spacial score (nSPS) is 19.8. The zero-order chi connectivity index (χ0) is 17.1. The first-order chi connectivity index (χ1) is 12.3. The Morgan fingerprint density at radius 1 is 1.23 bits per heavy atom. The van der Waals surface area contributed by atoms with Crippen LogP contribution in [0.25, 0.3) is 0 Å². The molecule has 1 aromatic carbocycles. The summed E-state index contributed by atoms with van der Waals surface area (Å²) in [5.41, 5.74) is 2.55. The van der Waals surface area contributed by atoms with Gasteiger partial charge in [0.05, 0.1) is 12.2 Å². The Morgan fingerprint density at radius 3 is 2.85 bits per heavy atom. The number of imidazole rings is 1. The van der Waals surface area contributed by atoms with Gasteiger partial charge < -0.3 is 14.8 Å². The Bertz CT molecular complexity index is 716. The molecular formula is C20H28IN5. The molecule has 1 fully saturated rings. The minimum absolute atomic E-state index is 0. The van der Waals surface area contributed by atoms with Crippen molar-refractivity contribution in [3.8, 4) is 0 Å². The third-order valence-corrected chi connectivity index (χ3v) is 5.36. The second-order valence-corrected chi connectivity index (χ2v) is 7.04. The van der Waals surface area contributed by atoms with Crippen molar-refractivity contribution in [2.24, 2.45) is 4.99 Å². The maximum Gasteiger partial charge on any atom is 0.193 e. The molecule has 0 saturated carbocycles. The number of fused-ring (bicyclic) bond motifs is 1. The molecule has 0 amide bonds. The van der Waals surface area contributed by atoms with E-state index in [-0.39, 0.29) is 24.0 Å². The number of aryl methyl sites for hydroxylation is 2. The quantitative estimate of drug-likeness (QED) is 0.430. The van der Waals surface area contributed by atoms with Gasteiger partial charge in [0.2, 0.25) is 0 Å². The Labute approximate surface area is 172 Å². The van der Waals surface area contributed by atoms with Crippen molar-refractivity contribution in [1.29, 1.82) is 0 Å². The van der Waals surface area contributed by atoms with E-state index >= 15 is 0 Å². The molecule has 1 N–H and O–H groups in total. The summed E-state index contributed by atoms with van der Waals surface area (Å²) in [7, 11) is 1.87. The van der Waals surface area contributed by atoms with E-state index in [0.29, 0.717) is 5.92 Å². The molecule has 5 nitrogen and oxygen atoms in total. The average molecular weight is 465 g/mol. The molecule has 4 rings (SSSR count). The van der Waals surface area contributed by atoms with Crippen molar-refractivity contribution < 1.29 is 0 Å². The molecule has 2 aliphatic rings. The van der Waals surface area contributed by atoms with E-state index in [1.165, 1.54) is 30.7 Å². The number of aromatic nitrogens is 2. The summed E-state index contributed by atoms with van der Waals surface area (Å²) in [5, 5.41) is 3.51. The van der Waals surface area contributed by atoms with Crippen LogP contribution >= 0.6 is 24.0 Å². The van der Waals surface area contributed by atoms with E-state index in [2.05, 4.69) is 56.3 Å². The fourth-order valence-corrected chi connectivity index (χ4v) is 4.01. The van der Waals surface area contributed by atoms with Gasteiger partial charge in [-0.25, -0.2) is 4.98 Å². The summed E-state index contributed by atoms with van der Waals surface area (Å²) in [4.78, 5) is 11.6. The van der Waals surface area contributed by atoms with Crippen LogP contribution in [0.5, 0.6) is 0 Å². The highest BCUT2D eigenvalue weighted by Crippen LogP contribution is 2.26. The second-order valence-electron chi connectivity index (χ2n) is 7.04. The van der Waals surface area contributed by atoms with E-state index in [1.807, 2.05) is 7.05 Å². The molecule has 0 bridgehead atoms. The van der Waals surface area contributed by atoms with Crippen LogP contribution in [0.15, 0.2) is 41.5 Å². The molecule has 2 aliphatic heterocycles. The first kappa shape index (κ1) is 19.2. The summed E-state index contributed by atoms with van der Waals surface area (Å²) in [6, 6.07) is 10.8. The van der Waals surface area contributed by atoms with Gasteiger partial charge in [0, 0.05) is 45.2 Å². The van der Waals surface area contributed by atoms with Gasteiger partial charge in [-0.3, -0.25) is 4.99 Å². The van der Waals surface area contributed by atoms with Crippen LogP contribution in [0, 0.1) is 0 Å². The van der Waals surface area contributed by atoms with Crippen LogP contribution < -0.4 is 5.32 Å². The third-order valence-electron chi connectivity index (χ3n) is 5.36. The predicted octanol–water partition coefficient (Wildman–Crippen LogP) is 3.40. The molecule has 1 aromatic heterocycles. The topological polar surface area (TPSA) is 45.5 Å². The van der Waals surface area contributed by atoms with Gasteiger partial charge in [-0.2, -0.15) is 0 Å². The Morgan fingerprint density at radius 2 is 2.08 bits per heavy atom. The lowest BCUT2D eigenvalue weighted by atomic mass is 9.99. The van der Waals surface area contributed by atoms with Gasteiger partial charge in [0.1, 0.15) is 5.82 Å². The van der Waals surface area contributed by atoms with Crippen molar-refractivity contribution >= 4 is 29.9 Å². The number of rotatable bonds is 3. The van der Waals surface area contributed by atoms with Gasteiger partial charge in [0.25, 0.3) is 0 Å². The molecule has 1 atom stereocenters. The van der Waals surface area contributed by atoms with Gasteiger partial charge in [-0.1, -0.05) is 30.3 Å². The minimum atomic E-state index is 0. The molecular weight excluding hydrogens is 437 g/mol. The SMILES string of the molecule is CN=C(NCc1cn2c(n1)CCCC2)N1CCC(c2ccccc2)C1.I. The molecule has 26 heavy (non-hydrogen) atoms. The van der Waals surface area contributed by atoms with Gasteiger partial charge in [0.15, 0.2) is 5.96 Å². The zero-order valence-electron chi connectivity index (χ0n) is 15.4. The van der Waals surface area contributed by atoms with Crippen molar-refractivity contribution in [2.45, 2.75) is 44.7 Å². The lowest BCUT2D eigenvalue weighted by molar-refractivity contribution is 0.485. The first-order valence-corrected chi connectivity index (χ1v) is 9.39. The number of guanidine groups is 1. The lowest BCUT2D eigenvalue weighted by Crippen LogP contribution is -2.39. The highest BCUT2D eigenvalue weighted by atomic mass is 127. The summed E-state index contributed by atoms with van der Waals surface area (Å²) in [5.74, 6) is 2.83. The number of benzene rings is 1. The van der Waals surface area contributed by atoms with Crippen molar-refractivity contribution in [3.63, 3.8) is 0 Å². The number of hydrogen-bond acceptors (Lipinski definition) is 2. The molecule has 2 aromatic rings. The van der Waals surface area contributed by atoms with E-state index in [0.717, 1.165) is 44.3 Å². The summed E-state index contributed by atoms with van der Waals surface area (Å²) >= 11 is 0. The van der Waals surface area contributed by atoms with Crippen LogP contribution in [-0.4, -0.2) is 40.5 Å². The minimum Gasteiger partial charge on any atom is -0.351 e. The lowest BCUT2D eigenvalue weighted by Gasteiger charge is -2.21. The average Bonchev–Trinajstić information content (AvgIpc) is 3.30. The molecule has 140 valence electrons. The van der Waals surface area contributed by atoms with Crippen LogP contribution in [0.1, 0.15) is 42.3 Å². The largest absolute Gasteiger partial charge is 0.351 e. The Hall–Kier alpha value is -1.57. The zero-order valence-corrected chi connectivity index (χ0v) is 17.7. The first-order valence-electron chi connectivity index (χ1n) is 9.39. The summed E-state index contributed by atoms with van der Waals surface area (Å²) < 4.78 is 2.31. The van der Waals surface area contributed by atoms with Crippen LogP contribution in [-0.2, 0) is 19.5 Å². The van der Waals surface area contributed by atoms with Gasteiger partial charge in [-0.05, 0) is 24.8 Å². The molecule has 0 aliphatic carbocycles. The van der Waals surface area contributed by atoms with E-state index < -0.39 is 0 Å². The van der Waals surface area contributed by atoms with Crippen LogP contribution in [0.4, 0.5) is 0 Å². The van der Waals surface area contributed by atoms with E-state index in [4.69, 9.17) is 4.98 Å². The van der Waals surface area contributed by atoms with Gasteiger partial charge in [-0.15, -0.1) is 24.0 Å². The second kappa shape index (κ2) is 8.88. The van der Waals surface area contributed by atoms with E-state index in [9.17, 15) is 0 Å². The number of nitrogens with one attached hydrogen (secondary N) is 1. The third kappa shape index (κ3) is 4.22. The van der Waals surface area contributed by atoms with Crippen LogP contribution in [0.2, 0.25) is 0 Å². The molecule has 6 heteroatoms. The van der Waals surface area contributed by atoms with Crippen molar-refractivity contribution in [3.05, 3.63) is 53.6 Å². The number of aliphatic imine (C=N–C) groups is 1. The number of nitrogens with zero attached hydrogens (tertiary/aromatic N) is 4. The van der Waals surface area contributed by atoms with Gasteiger partial charge >= 0.3 is 0 Å². The maximum atomic E-state index is 4.77. The molecule has 1 unspecified atom stereocenters. The molecule has 3 heterocycles. The predicted molar refractivity (Wildman–Crippen MR) is 116 cm³/mol. The molecule has 1 saturated heterocycles. The number of hydrogen-bond donors (Lipinski definition) is 1. The van der Waals surface area contributed by atoms with Crippen molar-refractivity contribution in [2.75, 3.05) is 20.1 Å². The summed E-state index contributed by atoms with van der Waals surface area (Å²) in [6.45, 7) is 3.95. The summed E-state index contributed by atoms with van der Waals surface area (Å²) in [6.07, 6.45) is 7.03. The van der Waals surface area contributed by atoms with Crippen LogP contribution in [0.3, 0.4) is 0 Å². The van der Waals surface area contributed by atoms with Crippen molar-refractivity contribution in [1.82, 2.24) is 19.8 Å². The highest BCUT2D eigenvalue weighted by Gasteiger charge is 2.26. The van der Waals surface area contributed by atoms with E-state index in [1.54, 1.807) is 0 Å². The monoisotopic (exact) mass is 465 g/mol. The highest BCUT2D eigenvalue weighted by molar-refractivity contribution is 14.0. The fourth-order valence-electron chi connectivity index (χ4n) is 4.01. The standard InChI is InChI=1S/C20H27N5.HI/c1-21-20(22-13-18-15-24-11-6-5-9-19(24)23-18)25-12-10-17(14-25)16-7-3-2-4-8-16;/h2-4,7-8,15,17H,5-6,9-14H2,1H3,(H,21,22);1H. The fraction of sp³-hybridized carbons (Fsp3) is 0.500. The Balaban J connectivity index is 0.00000196. The molecule has 0 spiro atoms.